The van der Waals surface area contributed by atoms with E-state index in [1.54, 1.807) is 6.92 Å². The van der Waals surface area contributed by atoms with Crippen LogP contribution in [0.3, 0.4) is 0 Å². The highest BCUT2D eigenvalue weighted by molar-refractivity contribution is 7.89. The second-order valence-electron chi connectivity index (χ2n) is 10.6. The summed E-state index contributed by atoms with van der Waals surface area (Å²) >= 11 is 0. The number of alkyl halides is 3. The zero-order chi connectivity index (χ0) is 30.8. The third-order valence-electron chi connectivity index (χ3n) is 7.66. The van der Waals surface area contributed by atoms with E-state index in [0.717, 1.165) is 35.2 Å². The molecule has 0 spiro atoms. The van der Waals surface area contributed by atoms with Crippen molar-refractivity contribution in [3.63, 3.8) is 0 Å². The van der Waals surface area contributed by atoms with Gasteiger partial charge in [0.25, 0.3) is 0 Å². The van der Waals surface area contributed by atoms with Crippen LogP contribution in [0.5, 0.6) is 5.75 Å². The van der Waals surface area contributed by atoms with E-state index in [1.807, 2.05) is 48.5 Å². The summed E-state index contributed by atoms with van der Waals surface area (Å²) in [6.07, 6.45) is -2.99. The number of carbonyl (C=O) groups is 1. The lowest BCUT2D eigenvalue weighted by Gasteiger charge is -2.34. The number of fused-ring (bicyclic) bond motifs is 1. The molecule has 0 saturated carbocycles. The molecule has 4 aromatic carbocycles. The number of hydrogen-bond donors (Lipinski definition) is 1. The third-order valence-corrected chi connectivity index (χ3v) is 9.47. The van der Waals surface area contributed by atoms with Crippen molar-refractivity contribution in [3.05, 3.63) is 119 Å². The highest BCUT2D eigenvalue weighted by atomic mass is 32.2. The second-order valence-corrected chi connectivity index (χ2v) is 12.6. The largest absolute Gasteiger partial charge is 0.482 e. The van der Waals surface area contributed by atoms with Crippen molar-refractivity contribution in [2.45, 2.75) is 43.3 Å². The van der Waals surface area contributed by atoms with Crippen molar-refractivity contribution >= 4 is 16.0 Å². The quantitative estimate of drug-likeness (QED) is 0.220. The van der Waals surface area contributed by atoms with Gasteiger partial charge in [-0.3, -0.25) is 0 Å². The van der Waals surface area contributed by atoms with Gasteiger partial charge in [0.2, 0.25) is 10.0 Å². The zero-order valence-corrected chi connectivity index (χ0v) is 24.2. The fourth-order valence-corrected chi connectivity index (χ4v) is 6.97. The van der Waals surface area contributed by atoms with Crippen LogP contribution in [0.4, 0.5) is 13.2 Å². The number of nitrogens with zero attached hydrogens (tertiary/aromatic N) is 1. The molecule has 1 atom stereocenters. The van der Waals surface area contributed by atoms with Crippen molar-refractivity contribution in [2.24, 2.45) is 0 Å². The Morgan fingerprint density at radius 2 is 1.65 bits per heavy atom. The predicted molar refractivity (Wildman–Crippen MR) is 156 cm³/mol. The molecule has 0 bridgehead atoms. The van der Waals surface area contributed by atoms with Crippen LogP contribution in [-0.2, 0) is 34.0 Å². The maximum Gasteiger partial charge on any atom is 0.416 e. The predicted octanol–water partition coefficient (Wildman–Crippen LogP) is 7.07. The highest BCUT2D eigenvalue weighted by Crippen LogP contribution is 2.38. The van der Waals surface area contributed by atoms with Gasteiger partial charge in [-0.25, -0.2) is 13.2 Å². The van der Waals surface area contributed by atoms with Gasteiger partial charge in [-0.05, 0) is 95.5 Å². The lowest BCUT2D eigenvalue weighted by atomic mass is 9.85. The Labute approximate surface area is 248 Å². The lowest BCUT2D eigenvalue weighted by molar-refractivity contribution is -0.139. The average molecular weight is 610 g/mol. The summed E-state index contributed by atoms with van der Waals surface area (Å²) in [5.41, 5.74) is 4.01. The van der Waals surface area contributed by atoms with Gasteiger partial charge in [0.1, 0.15) is 5.75 Å². The van der Waals surface area contributed by atoms with Crippen molar-refractivity contribution < 1.29 is 36.2 Å². The maximum atomic E-state index is 13.9. The fourth-order valence-electron chi connectivity index (χ4n) is 5.42. The van der Waals surface area contributed by atoms with Crippen molar-refractivity contribution in [3.8, 4) is 16.9 Å². The molecule has 224 valence electrons. The monoisotopic (exact) mass is 609 g/mol. The molecule has 0 aliphatic carbocycles. The Morgan fingerprint density at radius 1 is 0.953 bits per heavy atom. The number of carboxylic acids is 1. The van der Waals surface area contributed by atoms with Crippen molar-refractivity contribution in [1.29, 1.82) is 0 Å². The first-order chi connectivity index (χ1) is 20.4. The van der Waals surface area contributed by atoms with Crippen LogP contribution in [0.1, 0.15) is 40.2 Å². The first-order valence-electron chi connectivity index (χ1n) is 13.7. The summed E-state index contributed by atoms with van der Waals surface area (Å²) < 4.78 is 73.8. The number of sulfonamides is 1. The standard InChI is InChI=1S/C33H30F3NO5S/c1-22-17-29(14-16-31(22)42-21-32(38)39)43(40,41)37-19-26(8-7-23-5-3-2-4-6-23)30-15-11-25(18-27(30)20-37)24-9-12-28(13-10-24)33(34,35)36/h2-6,9-18,26H,7-8,19-21H2,1H3,(H,38,39). The minimum atomic E-state index is -4.44. The SMILES string of the molecule is Cc1cc(S(=O)(=O)N2Cc3cc(-c4ccc(C(F)(F)F)cc4)ccc3C(CCc3ccccc3)C2)ccc1OCC(=O)O. The molecule has 1 unspecified atom stereocenters. The molecule has 1 aliphatic heterocycles. The van der Waals surface area contributed by atoms with Crippen molar-refractivity contribution in [2.75, 3.05) is 13.2 Å². The molecule has 0 amide bonds. The van der Waals surface area contributed by atoms with Gasteiger partial charge >= 0.3 is 12.1 Å². The number of carboxylic acid groups (broad SMARTS) is 1. The van der Waals surface area contributed by atoms with Gasteiger partial charge < -0.3 is 9.84 Å². The van der Waals surface area contributed by atoms with Gasteiger partial charge in [0.15, 0.2) is 6.61 Å². The second kappa shape index (κ2) is 12.2. The number of aryl methyl sites for hydroxylation is 2. The van der Waals surface area contributed by atoms with E-state index < -0.39 is 34.3 Å². The minimum Gasteiger partial charge on any atom is -0.482 e. The molecule has 1 aliphatic rings. The molecular weight excluding hydrogens is 579 g/mol. The Balaban J connectivity index is 1.47. The molecule has 0 fully saturated rings. The molecule has 1 heterocycles. The van der Waals surface area contributed by atoms with Gasteiger partial charge in [-0.15, -0.1) is 0 Å². The average Bonchev–Trinajstić information content (AvgIpc) is 2.98. The number of aliphatic carboxylic acids is 1. The summed E-state index contributed by atoms with van der Waals surface area (Å²) in [5.74, 6) is -0.966. The van der Waals surface area contributed by atoms with E-state index in [4.69, 9.17) is 9.84 Å². The number of rotatable bonds is 9. The van der Waals surface area contributed by atoms with Crippen LogP contribution in [0, 0.1) is 6.92 Å². The Kier molecular flexibility index (Phi) is 8.62. The molecule has 6 nitrogen and oxygen atoms in total. The van der Waals surface area contributed by atoms with E-state index in [9.17, 15) is 26.4 Å². The summed E-state index contributed by atoms with van der Waals surface area (Å²) in [7, 11) is -3.95. The van der Waals surface area contributed by atoms with Gasteiger partial charge in [0.05, 0.1) is 10.5 Å². The van der Waals surface area contributed by atoms with Crippen LogP contribution in [0.2, 0.25) is 0 Å². The molecule has 43 heavy (non-hydrogen) atoms. The minimum absolute atomic E-state index is 0.0665. The van der Waals surface area contributed by atoms with E-state index in [0.29, 0.717) is 23.1 Å². The van der Waals surface area contributed by atoms with E-state index in [2.05, 4.69) is 0 Å². The topological polar surface area (TPSA) is 83.9 Å². The van der Waals surface area contributed by atoms with E-state index in [1.165, 1.54) is 34.6 Å². The first-order valence-corrected chi connectivity index (χ1v) is 15.2. The fraction of sp³-hybridized carbons (Fsp3) is 0.242. The van der Waals surface area contributed by atoms with Crippen LogP contribution in [0.15, 0.2) is 95.9 Å². The molecule has 0 radical (unpaired) electrons. The van der Waals surface area contributed by atoms with Crippen LogP contribution in [0.25, 0.3) is 11.1 Å². The van der Waals surface area contributed by atoms with Gasteiger partial charge in [0, 0.05) is 13.1 Å². The molecular formula is C33H30F3NO5S. The van der Waals surface area contributed by atoms with E-state index >= 15 is 0 Å². The smallest absolute Gasteiger partial charge is 0.416 e. The van der Waals surface area contributed by atoms with Crippen molar-refractivity contribution in [1.82, 2.24) is 4.31 Å². The number of ether oxygens (including phenoxy) is 1. The zero-order valence-electron chi connectivity index (χ0n) is 23.3. The molecule has 1 N–H and O–H groups in total. The molecule has 10 heteroatoms. The number of hydrogen-bond acceptors (Lipinski definition) is 4. The van der Waals surface area contributed by atoms with E-state index in [-0.39, 0.29) is 29.7 Å². The van der Waals surface area contributed by atoms with Crippen LogP contribution in [-0.4, -0.2) is 37.0 Å². The number of halogens is 3. The summed E-state index contributed by atoms with van der Waals surface area (Å²) in [6.45, 7) is 1.48. The number of benzene rings is 4. The summed E-state index contributed by atoms with van der Waals surface area (Å²) in [4.78, 5) is 11.0. The normalized spacial score (nSPS) is 15.6. The van der Waals surface area contributed by atoms with Crippen LogP contribution >= 0.6 is 0 Å². The molecule has 5 rings (SSSR count). The Morgan fingerprint density at radius 3 is 2.30 bits per heavy atom. The third kappa shape index (κ3) is 6.92. The highest BCUT2D eigenvalue weighted by Gasteiger charge is 2.34. The molecule has 4 aromatic rings. The van der Waals surface area contributed by atoms with Gasteiger partial charge in [-0.2, -0.15) is 17.5 Å². The summed E-state index contributed by atoms with van der Waals surface area (Å²) in [6, 6.07) is 24.9. The molecule has 0 aromatic heterocycles. The lowest BCUT2D eigenvalue weighted by Crippen LogP contribution is -2.38. The Hall–Kier alpha value is -4.15. The maximum absolute atomic E-state index is 13.9. The first kappa shape index (κ1) is 30.3. The Bertz CT molecular complexity index is 1720. The summed E-state index contributed by atoms with van der Waals surface area (Å²) in [5, 5.41) is 8.90. The van der Waals surface area contributed by atoms with Crippen LogP contribution < -0.4 is 4.74 Å². The van der Waals surface area contributed by atoms with Gasteiger partial charge in [-0.1, -0.05) is 54.6 Å². The molecule has 0 saturated heterocycles.